The van der Waals surface area contributed by atoms with E-state index in [1.165, 1.54) is 32.1 Å². The van der Waals surface area contributed by atoms with Crippen LogP contribution >= 0.6 is 0 Å². The van der Waals surface area contributed by atoms with E-state index in [2.05, 4.69) is 39.6 Å². The second kappa shape index (κ2) is 11.1. The highest BCUT2D eigenvalue weighted by Crippen LogP contribution is 2.20. The van der Waals surface area contributed by atoms with Crippen LogP contribution in [0, 0.1) is 0 Å². The minimum absolute atomic E-state index is 0.288. The average molecular weight is 351 g/mol. The first-order valence-electron chi connectivity index (χ1n) is 9.57. The smallest absolute Gasteiger partial charge is 0.228 e. The van der Waals surface area contributed by atoms with Crippen molar-refractivity contribution in [1.29, 1.82) is 0 Å². The molecule has 1 saturated carbocycles. The van der Waals surface area contributed by atoms with Gasteiger partial charge in [0.2, 0.25) is 5.89 Å². The fourth-order valence-electron chi connectivity index (χ4n) is 2.87. The second-order valence-corrected chi connectivity index (χ2v) is 6.86. The van der Waals surface area contributed by atoms with Crippen LogP contribution < -0.4 is 10.6 Å². The van der Waals surface area contributed by atoms with E-state index in [9.17, 15) is 0 Å². The summed E-state index contributed by atoms with van der Waals surface area (Å²) in [6.07, 6.45) is 8.61. The molecule has 7 heteroatoms. The summed E-state index contributed by atoms with van der Waals surface area (Å²) in [5.74, 6) is 2.50. The van der Waals surface area contributed by atoms with Gasteiger partial charge >= 0.3 is 0 Å². The van der Waals surface area contributed by atoms with E-state index < -0.39 is 0 Å². The van der Waals surface area contributed by atoms with Crippen LogP contribution in [-0.2, 0) is 11.2 Å². The van der Waals surface area contributed by atoms with Crippen molar-refractivity contribution < 1.29 is 9.26 Å². The molecular weight excluding hydrogens is 318 g/mol. The van der Waals surface area contributed by atoms with Gasteiger partial charge in [-0.05, 0) is 19.3 Å². The maximum absolute atomic E-state index is 5.93. The summed E-state index contributed by atoms with van der Waals surface area (Å²) in [6.45, 7) is 6.48. The van der Waals surface area contributed by atoms with Gasteiger partial charge in [-0.15, -0.1) is 0 Å². The topological polar surface area (TPSA) is 84.6 Å². The molecule has 25 heavy (non-hydrogen) atoms. The molecule has 1 aromatic heterocycles. The van der Waals surface area contributed by atoms with E-state index in [0.29, 0.717) is 25.0 Å². The summed E-state index contributed by atoms with van der Waals surface area (Å²) >= 11 is 0. The Hall–Kier alpha value is -1.63. The van der Waals surface area contributed by atoms with E-state index in [4.69, 9.17) is 9.26 Å². The minimum atomic E-state index is 0.288. The van der Waals surface area contributed by atoms with Crippen LogP contribution in [0.25, 0.3) is 0 Å². The van der Waals surface area contributed by atoms with Gasteiger partial charge < -0.3 is 19.9 Å². The number of aromatic nitrogens is 2. The number of hydrogen-bond donors (Lipinski definition) is 2. The number of aliphatic imine (C=N–C) groups is 1. The van der Waals surface area contributed by atoms with Gasteiger partial charge in [-0.2, -0.15) is 4.98 Å². The van der Waals surface area contributed by atoms with Gasteiger partial charge in [0.1, 0.15) is 0 Å². The SMILES string of the molecule is CN=C(NCCCOC1CCCCC1)NCCc1nc(C(C)C)no1. The Morgan fingerprint density at radius 2 is 2.00 bits per heavy atom. The maximum Gasteiger partial charge on any atom is 0.228 e. The lowest BCUT2D eigenvalue weighted by Gasteiger charge is -2.22. The Labute approximate surface area is 151 Å². The van der Waals surface area contributed by atoms with Crippen LogP contribution in [0.15, 0.2) is 9.52 Å². The first-order valence-corrected chi connectivity index (χ1v) is 9.57. The largest absolute Gasteiger partial charge is 0.378 e. The predicted octanol–water partition coefficient (Wildman–Crippen LogP) is 2.64. The molecule has 2 N–H and O–H groups in total. The van der Waals surface area contributed by atoms with E-state index in [1.54, 1.807) is 7.05 Å². The van der Waals surface area contributed by atoms with E-state index >= 15 is 0 Å². The van der Waals surface area contributed by atoms with Gasteiger partial charge in [-0.25, -0.2) is 0 Å². The van der Waals surface area contributed by atoms with Crippen LogP contribution in [0.3, 0.4) is 0 Å². The van der Waals surface area contributed by atoms with Crippen LogP contribution in [0.2, 0.25) is 0 Å². The quantitative estimate of drug-likeness (QED) is 0.404. The molecule has 1 aliphatic rings. The fourth-order valence-corrected chi connectivity index (χ4v) is 2.87. The molecule has 1 aliphatic carbocycles. The molecule has 0 bridgehead atoms. The van der Waals surface area contributed by atoms with Crippen LogP contribution in [0.1, 0.15) is 70.0 Å². The molecule has 1 fully saturated rings. The Bertz CT molecular complexity index is 509. The fraction of sp³-hybridized carbons (Fsp3) is 0.833. The molecule has 2 rings (SSSR count). The average Bonchev–Trinajstić information content (AvgIpc) is 3.10. The number of rotatable bonds is 9. The van der Waals surface area contributed by atoms with Crippen molar-refractivity contribution in [2.45, 2.75) is 70.8 Å². The number of nitrogens with one attached hydrogen (secondary N) is 2. The highest BCUT2D eigenvalue weighted by Gasteiger charge is 2.13. The molecular formula is C18H33N5O2. The van der Waals surface area contributed by atoms with Crippen molar-refractivity contribution in [1.82, 2.24) is 20.8 Å². The lowest BCUT2D eigenvalue weighted by atomic mass is 9.98. The molecule has 0 aromatic carbocycles. The summed E-state index contributed by atoms with van der Waals surface area (Å²) in [5.41, 5.74) is 0. The molecule has 1 heterocycles. The first-order chi connectivity index (χ1) is 12.2. The Balaban J connectivity index is 1.54. The highest BCUT2D eigenvalue weighted by molar-refractivity contribution is 5.79. The van der Waals surface area contributed by atoms with Crippen LogP contribution in [0.5, 0.6) is 0 Å². The zero-order chi connectivity index (χ0) is 17.9. The van der Waals surface area contributed by atoms with Crippen molar-refractivity contribution in [3.05, 3.63) is 11.7 Å². The number of guanidine groups is 1. The van der Waals surface area contributed by atoms with Crippen molar-refractivity contribution in [2.75, 3.05) is 26.7 Å². The van der Waals surface area contributed by atoms with Crippen molar-refractivity contribution in [2.24, 2.45) is 4.99 Å². The number of nitrogens with zero attached hydrogens (tertiary/aromatic N) is 3. The molecule has 0 radical (unpaired) electrons. The predicted molar refractivity (Wildman–Crippen MR) is 98.9 cm³/mol. The van der Waals surface area contributed by atoms with Gasteiger partial charge in [0, 0.05) is 39.1 Å². The normalized spacial score (nSPS) is 16.4. The summed E-state index contributed by atoms with van der Waals surface area (Å²) in [5, 5.41) is 10.5. The Morgan fingerprint density at radius 1 is 1.24 bits per heavy atom. The summed E-state index contributed by atoms with van der Waals surface area (Å²) in [6, 6.07) is 0. The van der Waals surface area contributed by atoms with Crippen LogP contribution in [-0.4, -0.2) is 48.9 Å². The zero-order valence-electron chi connectivity index (χ0n) is 15.9. The van der Waals surface area contributed by atoms with Gasteiger partial charge in [0.05, 0.1) is 6.10 Å². The summed E-state index contributed by atoms with van der Waals surface area (Å²) in [7, 11) is 1.78. The maximum atomic E-state index is 5.93. The molecule has 142 valence electrons. The minimum Gasteiger partial charge on any atom is -0.378 e. The van der Waals surface area contributed by atoms with Gasteiger partial charge in [-0.3, -0.25) is 4.99 Å². The lowest BCUT2D eigenvalue weighted by Crippen LogP contribution is -2.39. The van der Waals surface area contributed by atoms with Crippen molar-refractivity contribution in [3.8, 4) is 0 Å². The zero-order valence-corrected chi connectivity index (χ0v) is 15.9. The first kappa shape index (κ1) is 19.7. The Kier molecular flexibility index (Phi) is 8.72. The third kappa shape index (κ3) is 7.42. The molecule has 0 saturated heterocycles. The van der Waals surface area contributed by atoms with Crippen molar-refractivity contribution >= 4 is 5.96 Å². The molecule has 0 aliphatic heterocycles. The lowest BCUT2D eigenvalue weighted by molar-refractivity contribution is 0.0277. The molecule has 0 spiro atoms. The Morgan fingerprint density at radius 3 is 2.68 bits per heavy atom. The number of hydrogen-bond acceptors (Lipinski definition) is 5. The molecule has 0 unspecified atom stereocenters. The third-order valence-corrected chi connectivity index (χ3v) is 4.37. The molecule has 0 atom stereocenters. The standard InChI is InChI=1S/C18H33N5O2/c1-14(2)17-22-16(25-23-17)10-12-21-18(19-3)20-11-7-13-24-15-8-5-4-6-9-15/h14-15H,4-13H2,1-3H3,(H2,19,20,21). The van der Waals surface area contributed by atoms with Gasteiger partial charge in [0.25, 0.3) is 0 Å². The molecule has 1 aromatic rings. The van der Waals surface area contributed by atoms with Gasteiger partial charge in [0.15, 0.2) is 11.8 Å². The summed E-state index contributed by atoms with van der Waals surface area (Å²) in [4.78, 5) is 8.60. The second-order valence-electron chi connectivity index (χ2n) is 6.86. The van der Waals surface area contributed by atoms with Crippen molar-refractivity contribution in [3.63, 3.8) is 0 Å². The molecule has 0 amide bonds. The monoisotopic (exact) mass is 351 g/mol. The van der Waals surface area contributed by atoms with Gasteiger partial charge in [-0.1, -0.05) is 38.3 Å². The van der Waals surface area contributed by atoms with E-state index in [0.717, 1.165) is 31.4 Å². The molecule has 7 nitrogen and oxygen atoms in total. The third-order valence-electron chi connectivity index (χ3n) is 4.37. The van der Waals surface area contributed by atoms with E-state index in [1.807, 2.05) is 0 Å². The summed E-state index contributed by atoms with van der Waals surface area (Å²) < 4.78 is 11.2. The van der Waals surface area contributed by atoms with Crippen LogP contribution in [0.4, 0.5) is 0 Å². The number of ether oxygens (including phenoxy) is 1. The highest BCUT2D eigenvalue weighted by atomic mass is 16.5. The van der Waals surface area contributed by atoms with E-state index in [-0.39, 0.29) is 5.92 Å².